The molecule has 0 spiro atoms. The molecule has 0 aromatic heterocycles. The Morgan fingerprint density at radius 1 is 0.443 bits per heavy atom. The maximum absolute atomic E-state index is 13.6. The molecule has 0 aliphatic heterocycles. The monoisotopic (exact) mass is 1130 g/mol. The number of carbonyl (C=O) groups excluding carboxylic acids is 2. The van der Waals surface area contributed by atoms with Crippen molar-refractivity contribution in [3.05, 3.63) is 60.8 Å². The van der Waals surface area contributed by atoms with E-state index in [1.54, 1.807) is 0 Å². The molecule has 0 radical (unpaired) electrons. The number of phosphoric ester groups is 1. The summed E-state index contributed by atoms with van der Waals surface area (Å²) >= 11 is 0. The number of ether oxygens (including phenoxy) is 1. The Balaban J connectivity index is 5.00. The second-order valence-corrected chi connectivity index (χ2v) is 25.4. The predicted molar refractivity (Wildman–Crippen MR) is 342 cm³/mol. The lowest BCUT2D eigenvalue weighted by atomic mass is 10.0. The summed E-state index contributed by atoms with van der Waals surface area (Å²) in [6.07, 6.45) is 75.1. The van der Waals surface area contributed by atoms with E-state index in [2.05, 4.69) is 74.7 Å². The summed E-state index contributed by atoms with van der Waals surface area (Å²) in [5.41, 5.74) is 0. The van der Waals surface area contributed by atoms with Crippen LogP contribution in [0, 0.1) is 0 Å². The lowest BCUT2D eigenvalue weighted by Crippen LogP contribution is -2.47. The Labute approximate surface area is 490 Å². The third-order valence-corrected chi connectivity index (χ3v) is 15.9. The topological polar surface area (TPSA) is 111 Å². The largest absolute Gasteiger partial charge is 0.472 e. The molecule has 3 unspecified atom stereocenters. The van der Waals surface area contributed by atoms with Crippen molar-refractivity contribution < 1.29 is 37.3 Å². The molecule has 0 rings (SSSR count). The molecule has 0 heterocycles. The van der Waals surface area contributed by atoms with Crippen LogP contribution in [0.15, 0.2) is 60.8 Å². The molecule has 0 aliphatic carbocycles. The summed E-state index contributed by atoms with van der Waals surface area (Å²) in [5.74, 6) is -0.503. The Bertz CT molecular complexity index is 1540. The van der Waals surface area contributed by atoms with Gasteiger partial charge in [-0.05, 0) is 96.0 Å². The quantitative estimate of drug-likeness (QED) is 0.0205. The molecule has 0 aliphatic rings. The summed E-state index contributed by atoms with van der Waals surface area (Å²) < 4.78 is 30.7. The van der Waals surface area contributed by atoms with Crippen molar-refractivity contribution in [3.63, 3.8) is 0 Å². The number of allylic oxidation sites excluding steroid dienone is 9. The number of amides is 1. The van der Waals surface area contributed by atoms with E-state index in [1.807, 2.05) is 33.3 Å². The van der Waals surface area contributed by atoms with E-state index in [9.17, 15) is 19.0 Å². The van der Waals surface area contributed by atoms with Gasteiger partial charge < -0.3 is 19.4 Å². The fraction of sp³-hybridized carbons (Fsp3) is 0.826. The van der Waals surface area contributed by atoms with Crippen molar-refractivity contribution >= 4 is 19.7 Å². The molecule has 2 N–H and O–H groups in total. The van der Waals surface area contributed by atoms with Gasteiger partial charge in [0.25, 0.3) is 0 Å². The molecule has 9 nitrogen and oxygen atoms in total. The van der Waals surface area contributed by atoms with Crippen LogP contribution in [0.4, 0.5) is 0 Å². The minimum absolute atomic E-state index is 0.0395. The molecule has 10 heteroatoms. The minimum atomic E-state index is -4.45. The summed E-state index contributed by atoms with van der Waals surface area (Å²) in [6.45, 7) is 6.99. The molecular formula is C69H130N2O7P+. The van der Waals surface area contributed by atoms with Crippen LogP contribution in [-0.2, 0) is 27.9 Å². The molecule has 79 heavy (non-hydrogen) atoms. The molecule has 0 bridgehead atoms. The van der Waals surface area contributed by atoms with Gasteiger partial charge in [-0.25, -0.2) is 4.57 Å². The lowest BCUT2D eigenvalue weighted by molar-refractivity contribution is -0.870. The van der Waals surface area contributed by atoms with Gasteiger partial charge >= 0.3 is 13.8 Å². The number of hydrogen-bond acceptors (Lipinski definition) is 6. The van der Waals surface area contributed by atoms with E-state index >= 15 is 0 Å². The maximum atomic E-state index is 13.6. The normalized spacial score (nSPS) is 14.0. The zero-order valence-electron chi connectivity index (χ0n) is 52.9. The number of phosphoric acid groups is 1. The highest BCUT2D eigenvalue weighted by molar-refractivity contribution is 7.47. The fourth-order valence-corrected chi connectivity index (χ4v) is 10.4. The number of carbonyl (C=O) groups is 2. The molecule has 462 valence electrons. The third-order valence-electron chi connectivity index (χ3n) is 14.9. The number of esters is 1. The summed E-state index contributed by atoms with van der Waals surface area (Å²) in [7, 11) is 1.50. The number of likely N-dealkylation sites (N-methyl/N-ethyl adjacent to an activating group) is 1. The van der Waals surface area contributed by atoms with Crippen molar-refractivity contribution in [2.45, 2.75) is 328 Å². The van der Waals surface area contributed by atoms with E-state index in [4.69, 9.17) is 13.8 Å². The first kappa shape index (κ1) is 76.7. The second kappa shape index (κ2) is 58.9. The van der Waals surface area contributed by atoms with Gasteiger partial charge in [0, 0.05) is 12.8 Å². The van der Waals surface area contributed by atoms with Gasteiger partial charge in [-0.15, -0.1) is 0 Å². The second-order valence-electron chi connectivity index (χ2n) is 24.0. The van der Waals surface area contributed by atoms with Gasteiger partial charge in [0.2, 0.25) is 5.91 Å². The van der Waals surface area contributed by atoms with Crippen molar-refractivity contribution in [3.8, 4) is 0 Å². The third kappa shape index (κ3) is 60.1. The Hall–Kier alpha value is -2.29. The van der Waals surface area contributed by atoms with Crippen LogP contribution >= 0.6 is 7.82 Å². The molecule has 0 aromatic rings. The van der Waals surface area contributed by atoms with Gasteiger partial charge in [0.15, 0.2) is 0 Å². The van der Waals surface area contributed by atoms with Crippen LogP contribution in [0.25, 0.3) is 0 Å². The van der Waals surface area contributed by atoms with Gasteiger partial charge in [0.05, 0.1) is 33.8 Å². The Morgan fingerprint density at radius 2 is 0.772 bits per heavy atom. The van der Waals surface area contributed by atoms with Crippen LogP contribution < -0.4 is 5.32 Å². The lowest BCUT2D eigenvalue weighted by Gasteiger charge is -2.27. The zero-order valence-corrected chi connectivity index (χ0v) is 53.8. The SMILES string of the molecule is CCCCC/C=C\C/C=C\C/C=C\CCCCCCCCCCCCCCCCC(=O)NC(COP(=O)(O)OCC[N+](C)(C)C)C(/C=C\CCCCCCCCCCC)OC(=O)CCCCCCCCC/C=C\CCCCCC. The van der Waals surface area contributed by atoms with Gasteiger partial charge in [0.1, 0.15) is 19.3 Å². The van der Waals surface area contributed by atoms with E-state index in [-0.39, 0.29) is 31.5 Å². The van der Waals surface area contributed by atoms with E-state index in [0.29, 0.717) is 17.4 Å². The van der Waals surface area contributed by atoms with Crippen LogP contribution in [0.3, 0.4) is 0 Å². The zero-order chi connectivity index (χ0) is 57.9. The average Bonchev–Trinajstić information content (AvgIpc) is 3.41. The van der Waals surface area contributed by atoms with Crippen LogP contribution in [0.2, 0.25) is 0 Å². The molecule has 0 aromatic carbocycles. The van der Waals surface area contributed by atoms with Crippen LogP contribution in [0.1, 0.15) is 316 Å². The molecule has 1 amide bonds. The van der Waals surface area contributed by atoms with Crippen molar-refractivity contribution in [2.24, 2.45) is 0 Å². The summed E-state index contributed by atoms with van der Waals surface area (Å²) in [4.78, 5) is 37.8. The van der Waals surface area contributed by atoms with Crippen LogP contribution in [-0.4, -0.2) is 74.3 Å². The molecule has 0 saturated heterocycles. The van der Waals surface area contributed by atoms with Crippen molar-refractivity contribution in [1.29, 1.82) is 0 Å². The van der Waals surface area contributed by atoms with E-state index < -0.39 is 20.0 Å². The number of rotatable bonds is 61. The molecule has 0 saturated carbocycles. The summed E-state index contributed by atoms with van der Waals surface area (Å²) in [6, 6.07) is -0.850. The highest BCUT2D eigenvalue weighted by atomic mass is 31.2. The number of quaternary nitrogens is 1. The van der Waals surface area contributed by atoms with E-state index in [0.717, 1.165) is 77.0 Å². The number of nitrogens with zero attached hydrogens (tertiary/aromatic N) is 1. The smallest absolute Gasteiger partial charge is 0.456 e. The minimum Gasteiger partial charge on any atom is -0.456 e. The molecular weight excluding hydrogens is 1000 g/mol. The Kier molecular flexibility index (Phi) is 57.2. The number of hydrogen-bond donors (Lipinski definition) is 2. The number of nitrogens with one attached hydrogen (secondary N) is 1. The maximum Gasteiger partial charge on any atom is 0.472 e. The van der Waals surface area contributed by atoms with Gasteiger partial charge in [-0.3, -0.25) is 18.6 Å². The number of unbranched alkanes of at least 4 members (excludes halogenated alkanes) is 37. The highest BCUT2D eigenvalue weighted by Gasteiger charge is 2.30. The van der Waals surface area contributed by atoms with Gasteiger partial charge in [-0.1, -0.05) is 268 Å². The van der Waals surface area contributed by atoms with E-state index in [1.165, 1.54) is 205 Å². The Morgan fingerprint density at radius 3 is 1.20 bits per heavy atom. The standard InChI is InChI=1S/C69H129N2O7P/c1-7-10-13-16-19-22-25-27-29-30-31-32-33-34-35-36-37-38-39-40-42-43-46-49-52-55-58-61-68(72)70-66(65-77-79(74,75)76-64-63-71(4,5)6)67(60-57-54-51-48-45-24-21-18-15-12-9-3)78-69(73)62-59-56-53-50-47-44-41-28-26-23-20-17-14-11-8-2/h19,22-23,26-27,29,31-32,57,60,66-67H,7-18,20-21,24-25,28,30,33-56,58-59,61-65H2,1-6H3,(H-,70,72,74,75)/p+1/b22-19-,26-23-,29-27-,32-31-,60-57-. The van der Waals surface area contributed by atoms with Crippen molar-refractivity contribution in [1.82, 2.24) is 5.32 Å². The predicted octanol–water partition coefficient (Wildman–Crippen LogP) is 21.0. The highest BCUT2D eigenvalue weighted by Crippen LogP contribution is 2.43. The first-order chi connectivity index (χ1) is 38.4. The molecule has 3 atom stereocenters. The van der Waals surface area contributed by atoms with Gasteiger partial charge in [-0.2, -0.15) is 0 Å². The van der Waals surface area contributed by atoms with Crippen molar-refractivity contribution in [2.75, 3.05) is 40.9 Å². The van der Waals surface area contributed by atoms with Crippen LogP contribution in [0.5, 0.6) is 0 Å². The first-order valence-electron chi connectivity index (χ1n) is 33.6. The summed E-state index contributed by atoms with van der Waals surface area (Å²) in [5, 5.41) is 3.06. The first-order valence-corrected chi connectivity index (χ1v) is 35.1. The fourth-order valence-electron chi connectivity index (χ4n) is 9.71. The average molecular weight is 1130 g/mol. The molecule has 0 fully saturated rings.